The van der Waals surface area contributed by atoms with Crippen molar-refractivity contribution in [2.75, 3.05) is 66.1 Å². The SMILES string of the molecule is CN1CCc2ccccc2C12CCN(CCN1CCOCC1)CC2. The maximum Gasteiger partial charge on any atom is 0.0594 e. The van der Waals surface area contributed by atoms with Gasteiger partial charge in [-0.3, -0.25) is 9.80 Å². The highest BCUT2D eigenvalue weighted by atomic mass is 16.5. The largest absolute Gasteiger partial charge is 0.379 e. The van der Waals surface area contributed by atoms with Crippen LogP contribution in [0.25, 0.3) is 0 Å². The number of fused-ring (bicyclic) bond motifs is 2. The van der Waals surface area contributed by atoms with Crippen LogP contribution < -0.4 is 0 Å². The van der Waals surface area contributed by atoms with Crippen molar-refractivity contribution in [3.8, 4) is 0 Å². The zero-order chi connectivity index (χ0) is 16.4. The number of likely N-dealkylation sites (N-methyl/N-ethyl adjacent to an activating group) is 1. The molecule has 4 rings (SSSR count). The maximum absolute atomic E-state index is 5.45. The molecule has 0 N–H and O–H groups in total. The van der Waals surface area contributed by atoms with Crippen LogP contribution in [-0.2, 0) is 16.7 Å². The van der Waals surface area contributed by atoms with Gasteiger partial charge in [-0.25, -0.2) is 0 Å². The van der Waals surface area contributed by atoms with Gasteiger partial charge in [-0.2, -0.15) is 0 Å². The van der Waals surface area contributed by atoms with Crippen molar-refractivity contribution < 1.29 is 4.74 Å². The van der Waals surface area contributed by atoms with Crippen molar-refractivity contribution in [3.05, 3.63) is 35.4 Å². The Morgan fingerprint density at radius 3 is 2.33 bits per heavy atom. The van der Waals surface area contributed by atoms with Gasteiger partial charge in [-0.15, -0.1) is 0 Å². The van der Waals surface area contributed by atoms with Crippen molar-refractivity contribution in [3.63, 3.8) is 0 Å². The zero-order valence-electron chi connectivity index (χ0n) is 15.0. The molecule has 0 aromatic heterocycles. The van der Waals surface area contributed by atoms with Gasteiger partial charge >= 0.3 is 0 Å². The fraction of sp³-hybridized carbons (Fsp3) is 0.700. The molecule has 0 saturated carbocycles. The minimum atomic E-state index is 0.282. The average Bonchev–Trinajstić information content (AvgIpc) is 2.65. The van der Waals surface area contributed by atoms with E-state index < -0.39 is 0 Å². The molecule has 0 aliphatic carbocycles. The summed E-state index contributed by atoms with van der Waals surface area (Å²) >= 11 is 0. The van der Waals surface area contributed by atoms with E-state index in [2.05, 4.69) is 46.0 Å². The van der Waals surface area contributed by atoms with Gasteiger partial charge in [0, 0.05) is 51.4 Å². The molecule has 132 valence electrons. The fourth-order valence-corrected chi connectivity index (χ4v) is 4.81. The number of hydrogen-bond donors (Lipinski definition) is 0. The lowest BCUT2D eigenvalue weighted by Gasteiger charge is -2.51. The number of nitrogens with zero attached hydrogens (tertiary/aromatic N) is 3. The first-order chi connectivity index (χ1) is 11.8. The first-order valence-corrected chi connectivity index (χ1v) is 9.60. The van der Waals surface area contributed by atoms with E-state index in [4.69, 9.17) is 4.74 Å². The van der Waals surface area contributed by atoms with Gasteiger partial charge in [-0.1, -0.05) is 24.3 Å². The van der Waals surface area contributed by atoms with Crippen LogP contribution in [0.4, 0.5) is 0 Å². The van der Waals surface area contributed by atoms with Gasteiger partial charge in [0.1, 0.15) is 0 Å². The Labute approximate surface area is 146 Å². The molecular weight excluding hydrogens is 298 g/mol. The summed E-state index contributed by atoms with van der Waals surface area (Å²) in [6.45, 7) is 10.1. The van der Waals surface area contributed by atoms with E-state index in [1.54, 1.807) is 11.1 Å². The predicted molar refractivity (Wildman–Crippen MR) is 97.4 cm³/mol. The molecule has 3 aliphatic rings. The number of benzene rings is 1. The number of likely N-dealkylation sites (tertiary alicyclic amines) is 1. The molecule has 24 heavy (non-hydrogen) atoms. The second-order valence-electron chi connectivity index (χ2n) is 7.66. The lowest BCUT2D eigenvalue weighted by atomic mass is 9.74. The van der Waals surface area contributed by atoms with E-state index in [9.17, 15) is 0 Å². The Kier molecular flexibility index (Phi) is 4.90. The van der Waals surface area contributed by atoms with Crippen molar-refractivity contribution >= 4 is 0 Å². The minimum absolute atomic E-state index is 0.282. The summed E-state index contributed by atoms with van der Waals surface area (Å²) < 4.78 is 5.45. The molecule has 3 aliphatic heterocycles. The predicted octanol–water partition coefficient (Wildman–Crippen LogP) is 1.80. The zero-order valence-corrected chi connectivity index (χ0v) is 15.0. The van der Waals surface area contributed by atoms with E-state index in [0.29, 0.717) is 0 Å². The lowest BCUT2D eigenvalue weighted by molar-refractivity contribution is 0.0121. The van der Waals surface area contributed by atoms with Crippen LogP contribution in [0.2, 0.25) is 0 Å². The quantitative estimate of drug-likeness (QED) is 0.842. The number of ether oxygens (including phenoxy) is 1. The molecule has 0 radical (unpaired) electrons. The summed E-state index contributed by atoms with van der Waals surface area (Å²) in [6, 6.07) is 9.16. The molecule has 3 heterocycles. The van der Waals surface area contributed by atoms with Crippen LogP contribution in [0, 0.1) is 0 Å². The van der Waals surface area contributed by atoms with Gasteiger partial charge in [0.05, 0.1) is 13.2 Å². The third-order valence-electron chi connectivity index (χ3n) is 6.49. The normalized spacial score (nSPS) is 25.7. The molecule has 1 aromatic carbocycles. The molecule has 0 amide bonds. The summed E-state index contributed by atoms with van der Waals surface area (Å²) in [5.74, 6) is 0. The number of hydrogen-bond acceptors (Lipinski definition) is 4. The molecule has 0 bridgehead atoms. The average molecular weight is 329 g/mol. The summed E-state index contributed by atoms with van der Waals surface area (Å²) in [5, 5.41) is 0. The molecular formula is C20H31N3O. The Balaban J connectivity index is 1.38. The smallest absolute Gasteiger partial charge is 0.0594 e. The highest BCUT2D eigenvalue weighted by Gasteiger charge is 2.42. The minimum Gasteiger partial charge on any atom is -0.379 e. The van der Waals surface area contributed by atoms with E-state index in [1.807, 2.05) is 0 Å². The summed E-state index contributed by atoms with van der Waals surface area (Å²) in [6.07, 6.45) is 3.74. The molecule has 1 aromatic rings. The van der Waals surface area contributed by atoms with E-state index in [-0.39, 0.29) is 5.54 Å². The first kappa shape index (κ1) is 16.5. The second-order valence-corrected chi connectivity index (χ2v) is 7.66. The summed E-state index contributed by atoms with van der Waals surface area (Å²) in [7, 11) is 2.33. The number of piperidine rings is 1. The number of morpholine rings is 1. The van der Waals surface area contributed by atoms with E-state index in [1.165, 1.54) is 52.0 Å². The van der Waals surface area contributed by atoms with Gasteiger partial charge < -0.3 is 9.64 Å². The van der Waals surface area contributed by atoms with Crippen LogP contribution in [0.15, 0.2) is 24.3 Å². The lowest BCUT2D eigenvalue weighted by Crippen LogP contribution is -2.55. The molecule has 2 saturated heterocycles. The highest BCUT2D eigenvalue weighted by Crippen LogP contribution is 2.42. The van der Waals surface area contributed by atoms with Crippen LogP contribution >= 0.6 is 0 Å². The monoisotopic (exact) mass is 329 g/mol. The van der Waals surface area contributed by atoms with E-state index >= 15 is 0 Å². The van der Waals surface area contributed by atoms with Gasteiger partial charge in [-0.05, 0) is 37.4 Å². The van der Waals surface area contributed by atoms with E-state index in [0.717, 1.165) is 26.3 Å². The van der Waals surface area contributed by atoms with Crippen molar-refractivity contribution in [1.29, 1.82) is 0 Å². The Morgan fingerprint density at radius 2 is 1.58 bits per heavy atom. The topological polar surface area (TPSA) is 19.0 Å². The van der Waals surface area contributed by atoms with Gasteiger partial charge in [0.15, 0.2) is 0 Å². The third kappa shape index (κ3) is 3.13. The van der Waals surface area contributed by atoms with Crippen LogP contribution in [0.5, 0.6) is 0 Å². The third-order valence-corrected chi connectivity index (χ3v) is 6.49. The molecule has 0 atom stereocenters. The Morgan fingerprint density at radius 1 is 0.917 bits per heavy atom. The molecule has 4 heteroatoms. The highest BCUT2D eigenvalue weighted by molar-refractivity contribution is 5.37. The maximum atomic E-state index is 5.45. The molecule has 0 unspecified atom stereocenters. The van der Waals surface area contributed by atoms with Crippen molar-refractivity contribution in [2.24, 2.45) is 0 Å². The summed E-state index contributed by atoms with van der Waals surface area (Å²) in [4.78, 5) is 7.86. The van der Waals surface area contributed by atoms with Crippen LogP contribution in [-0.4, -0.2) is 80.8 Å². The van der Waals surface area contributed by atoms with Crippen molar-refractivity contribution in [1.82, 2.24) is 14.7 Å². The first-order valence-electron chi connectivity index (χ1n) is 9.60. The van der Waals surface area contributed by atoms with Gasteiger partial charge in [0.2, 0.25) is 0 Å². The van der Waals surface area contributed by atoms with Crippen molar-refractivity contribution in [2.45, 2.75) is 24.8 Å². The fourth-order valence-electron chi connectivity index (χ4n) is 4.81. The Bertz CT molecular complexity index is 548. The van der Waals surface area contributed by atoms with Crippen LogP contribution in [0.1, 0.15) is 24.0 Å². The molecule has 1 spiro atoms. The standard InChI is InChI=1S/C20H31N3O/c1-21-9-6-18-4-2-3-5-19(18)20(21)7-10-22(11-8-20)12-13-23-14-16-24-17-15-23/h2-5H,6-17H2,1H3. The molecule has 4 nitrogen and oxygen atoms in total. The van der Waals surface area contributed by atoms with Crippen LogP contribution in [0.3, 0.4) is 0 Å². The second kappa shape index (κ2) is 7.12. The summed E-state index contributed by atoms with van der Waals surface area (Å²) in [5.41, 5.74) is 3.47. The number of rotatable bonds is 3. The Hall–Kier alpha value is -0.940. The molecule has 2 fully saturated rings. The van der Waals surface area contributed by atoms with Gasteiger partial charge in [0.25, 0.3) is 0 Å².